The average molecular weight is 268 g/mol. The fourth-order valence-electron chi connectivity index (χ4n) is 2.63. The summed E-state index contributed by atoms with van der Waals surface area (Å²) >= 11 is 1.84. The molecule has 0 saturated carbocycles. The van der Waals surface area contributed by atoms with Gasteiger partial charge in [0.05, 0.1) is 6.10 Å². The number of aryl methyl sites for hydroxylation is 1. The molecule has 0 saturated heterocycles. The van der Waals surface area contributed by atoms with Gasteiger partial charge < -0.3 is 5.11 Å². The van der Waals surface area contributed by atoms with E-state index in [1.807, 2.05) is 11.3 Å². The van der Waals surface area contributed by atoms with E-state index in [2.05, 4.69) is 46.8 Å². The summed E-state index contributed by atoms with van der Waals surface area (Å²) in [5, 5.41) is 10.2. The average Bonchev–Trinajstić information content (AvgIpc) is 2.61. The first-order valence-corrected chi connectivity index (χ1v) is 7.87. The molecule has 0 fully saturated rings. The SMILES string of the molecule is CCc1ccc(CC(O)CC(C)CC(C)(C)C)s1. The maximum absolute atomic E-state index is 10.2. The summed E-state index contributed by atoms with van der Waals surface area (Å²) in [4.78, 5) is 2.74. The minimum absolute atomic E-state index is 0.189. The second kappa shape index (κ2) is 6.72. The highest BCUT2D eigenvalue weighted by Crippen LogP contribution is 2.28. The van der Waals surface area contributed by atoms with E-state index in [4.69, 9.17) is 0 Å². The Balaban J connectivity index is 2.39. The molecule has 0 spiro atoms. The zero-order valence-electron chi connectivity index (χ0n) is 12.5. The summed E-state index contributed by atoms with van der Waals surface area (Å²) in [6, 6.07) is 4.35. The second-order valence-electron chi connectivity index (χ2n) is 6.69. The Kier molecular flexibility index (Phi) is 5.87. The number of hydrogen-bond acceptors (Lipinski definition) is 2. The van der Waals surface area contributed by atoms with Crippen LogP contribution in [0.25, 0.3) is 0 Å². The minimum atomic E-state index is -0.189. The molecule has 1 aromatic rings. The van der Waals surface area contributed by atoms with E-state index < -0.39 is 0 Å². The van der Waals surface area contributed by atoms with Gasteiger partial charge in [0.25, 0.3) is 0 Å². The third-order valence-corrected chi connectivity index (χ3v) is 4.39. The lowest BCUT2D eigenvalue weighted by Gasteiger charge is -2.24. The number of thiophene rings is 1. The third-order valence-electron chi connectivity index (χ3n) is 3.14. The van der Waals surface area contributed by atoms with Crippen LogP contribution < -0.4 is 0 Å². The topological polar surface area (TPSA) is 20.2 Å². The highest BCUT2D eigenvalue weighted by molar-refractivity contribution is 7.11. The molecule has 0 aliphatic carbocycles. The van der Waals surface area contributed by atoms with Crippen LogP contribution in [0.15, 0.2) is 12.1 Å². The van der Waals surface area contributed by atoms with Gasteiger partial charge in [-0.2, -0.15) is 0 Å². The van der Waals surface area contributed by atoms with Crippen molar-refractivity contribution in [1.29, 1.82) is 0 Å². The molecule has 1 heterocycles. The monoisotopic (exact) mass is 268 g/mol. The van der Waals surface area contributed by atoms with Crippen molar-refractivity contribution in [2.45, 2.75) is 66.4 Å². The van der Waals surface area contributed by atoms with E-state index in [0.717, 1.165) is 19.3 Å². The number of rotatable bonds is 6. The number of aliphatic hydroxyl groups excluding tert-OH is 1. The lowest BCUT2D eigenvalue weighted by atomic mass is 9.83. The van der Waals surface area contributed by atoms with Crippen molar-refractivity contribution in [2.75, 3.05) is 0 Å². The van der Waals surface area contributed by atoms with Crippen LogP contribution in [0.3, 0.4) is 0 Å². The molecule has 2 heteroatoms. The minimum Gasteiger partial charge on any atom is -0.393 e. The van der Waals surface area contributed by atoms with Gasteiger partial charge in [0.1, 0.15) is 0 Å². The Morgan fingerprint density at radius 1 is 1.22 bits per heavy atom. The molecule has 2 unspecified atom stereocenters. The molecule has 1 aromatic heterocycles. The Morgan fingerprint density at radius 2 is 1.83 bits per heavy atom. The Morgan fingerprint density at radius 3 is 2.33 bits per heavy atom. The van der Waals surface area contributed by atoms with E-state index in [0.29, 0.717) is 11.3 Å². The van der Waals surface area contributed by atoms with Crippen LogP contribution in [0.4, 0.5) is 0 Å². The molecule has 0 bridgehead atoms. The molecule has 18 heavy (non-hydrogen) atoms. The number of hydrogen-bond donors (Lipinski definition) is 1. The van der Waals surface area contributed by atoms with Crippen LogP contribution in [0.1, 0.15) is 57.2 Å². The highest BCUT2D eigenvalue weighted by Gasteiger charge is 2.18. The second-order valence-corrected chi connectivity index (χ2v) is 7.94. The quantitative estimate of drug-likeness (QED) is 0.794. The van der Waals surface area contributed by atoms with Crippen LogP contribution in [0.5, 0.6) is 0 Å². The molecule has 0 amide bonds. The lowest BCUT2D eigenvalue weighted by molar-refractivity contribution is 0.133. The zero-order valence-corrected chi connectivity index (χ0v) is 13.3. The van der Waals surface area contributed by atoms with Gasteiger partial charge in [0.2, 0.25) is 0 Å². The molecule has 1 rings (SSSR count). The molecule has 0 radical (unpaired) electrons. The maximum Gasteiger partial charge on any atom is 0.0591 e. The van der Waals surface area contributed by atoms with Gasteiger partial charge in [-0.1, -0.05) is 34.6 Å². The number of aliphatic hydroxyl groups is 1. The van der Waals surface area contributed by atoms with E-state index in [1.54, 1.807) is 0 Å². The summed E-state index contributed by atoms with van der Waals surface area (Å²) in [6.45, 7) is 11.2. The van der Waals surface area contributed by atoms with E-state index in [-0.39, 0.29) is 6.10 Å². The predicted molar refractivity (Wildman–Crippen MR) is 81.3 cm³/mol. The summed E-state index contributed by atoms with van der Waals surface area (Å²) < 4.78 is 0. The van der Waals surface area contributed by atoms with Gasteiger partial charge >= 0.3 is 0 Å². The summed E-state index contributed by atoms with van der Waals surface area (Å²) in [5.74, 6) is 0.589. The Bertz CT molecular complexity index is 348. The van der Waals surface area contributed by atoms with Crippen LogP contribution in [-0.4, -0.2) is 11.2 Å². The van der Waals surface area contributed by atoms with Crippen LogP contribution in [0, 0.1) is 11.3 Å². The highest BCUT2D eigenvalue weighted by atomic mass is 32.1. The first kappa shape index (κ1) is 15.7. The molecule has 0 aliphatic rings. The van der Waals surface area contributed by atoms with Crippen molar-refractivity contribution < 1.29 is 5.11 Å². The summed E-state index contributed by atoms with van der Waals surface area (Å²) in [7, 11) is 0. The van der Waals surface area contributed by atoms with Crippen molar-refractivity contribution >= 4 is 11.3 Å². The lowest BCUT2D eigenvalue weighted by Crippen LogP contribution is -2.18. The zero-order chi connectivity index (χ0) is 13.8. The molecular formula is C16H28OS. The first-order chi connectivity index (χ1) is 8.30. The van der Waals surface area contributed by atoms with Gasteiger partial charge in [0.15, 0.2) is 0 Å². The summed E-state index contributed by atoms with van der Waals surface area (Å²) in [5.41, 5.74) is 0.359. The molecule has 1 nitrogen and oxygen atoms in total. The van der Waals surface area contributed by atoms with Crippen molar-refractivity contribution in [3.63, 3.8) is 0 Å². The van der Waals surface area contributed by atoms with Crippen LogP contribution in [0.2, 0.25) is 0 Å². The van der Waals surface area contributed by atoms with Crippen molar-refractivity contribution in [3.05, 3.63) is 21.9 Å². The van der Waals surface area contributed by atoms with Gasteiger partial charge in [-0.3, -0.25) is 0 Å². The molecule has 2 atom stereocenters. The maximum atomic E-state index is 10.2. The summed E-state index contributed by atoms with van der Waals surface area (Å²) in [6.07, 6.45) is 3.82. The molecule has 0 aliphatic heterocycles. The molecule has 1 N–H and O–H groups in total. The third kappa shape index (κ3) is 6.01. The van der Waals surface area contributed by atoms with Crippen molar-refractivity contribution in [2.24, 2.45) is 11.3 Å². The van der Waals surface area contributed by atoms with Crippen LogP contribution >= 0.6 is 11.3 Å². The fraction of sp³-hybridized carbons (Fsp3) is 0.750. The van der Waals surface area contributed by atoms with Crippen molar-refractivity contribution in [3.8, 4) is 0 Å². The largest absolute Gasteiger partial charge is 0.393 e. The fourth-order valence-corrected chi connectivity index (χ4v) is 3.66. The van der Waals surface area contributed by atoms with Gasteiger partial charge in [-0.05, 0) is 42.7 Å². The standard InChI is InChI=1S/C16H28OS/c1-6-14-7-8-15(18-14)10-13(17)9-12(2)11-16(3,4)5/h7-8,12-13,17H,6,9-11H2,1-5H3. The first-order valence-electron chi connectivity index (χ1n) is 7.06. The van der Waals surface area contributed by atoms with Crippen LogP contribution in [-0.2, 0) is 12.8 Å². The van der Waals surface area contributed by atoms with Gasteiger partial charge in [-0.25, -0.2) is 0 Å². The Hall–Kier alpha value is -0.340. The van der Waals surface area contributed by atoms with Crippen molar-refractivity contribution in [1.82, 2.24) is 0 Å². The molecule has 104 valence electrons. The smallest absolute Gasteiger partial charge is 0.0591 e. The van der Waals surface area contributed by atoms with Gasteiger partial charge in [-0.15, -0.1) is 11.3 Å². The molecule has 0 aromatic carbocycles. The van der Waals surface area contributed by atoms with E-state index >= 15 is 0 Å². The predicted octanol–water partition coefficient (Wildman–Crippen LogP) is 4.68. The van der Waals surface area contributed by atoms with E-state index in [9.17, 15) is 5.11 Å². The van der Waals surface area contributed by atoms with E-state index in [1.165, 1.54) is 16.2 Å². The Labute approximate surface area is 116 Å². The normalized spacial score (nSPS) is 15.7. The van der Waals surface area contributed by atoms with Gasteiger partial charge in [0, 0.05) is 16.2 Å². The molecular weight excluding hydrogens is 240 g/mol.